The minimum Gasteiger partial charge on any atom is -0.490 e. The zero-order chi connectivity index (χ0) is 15.7. The number of hydrogen-bond acceptors (Lipinski definition) is 4. The lowest BCUT2D eigenvalue weighted by Gasteiger charge is -2.13. The maximum Gasteiger partial charge on any atom is 0.303 e. The first kappa shape index (κ1) is 17.9. The molecule has 0 amide bonds. The molecule has 0 saturated carbocycles. The van der Waals surface area contributed by atoms with E-state index in [1.807, 2.05) is 12.1 Å². The maximum absolute atomic E-state index is 10.4. The van der Waals surface area contributed by atoms with Gasteiger partial charge in [-0.1, -0.05) is 6.07 Å². The lowest BCUT2D eigenvalue weighted by atomic mass is 10.0. The summed E-state index contributed by atoms with van der Waals surface area (Å²) >= 11 is 3.41. The molecule has 0 heterocycles. The fraction of sp³-hybridized carbons (Fsp3) is 0.533. The van der Waals surface area contributed by atoms with Gasteiger partial charge in [0.05, 0.1) is 17.2 Å². The smallest absolute Gasteiger partial charge is 0.303 e. The standard InChI is InChI=1S/C15H21BrO5/c1-20-8-9-21-14-7-6-11(10-12(14)16)13(17)4-2-3-5-15(18)19/h6-7,10,13,17H,2-5,8-9H2,1H3,(H,18,19). The Morgan fingerprint density at radius 1 is 1.33 bits per heavy atom. The molecule has 0 fully saturated rings. The van der Waals surface area contributed by atoms with Gasteiger partial charge in [-0.25, -0.2) is 0 Å². The molecule has 1 aromatic carbocycles. The van der Waals surface area contributed by atoms with E-state index >= 15 is 0 Å². The van der Waals surface area contributed by atoms with Gasteiger partial charge < -0.3 is 19.7 Å². The number of hydrogen-bond donors (Lipinski definition) is 2. The van der Waals surface area contributed by atoms with E-state index in [0.29, 0.717) is 38.2 Å². The third-order valence-electron chi connectivity index (χ3n) is 3.00. The van der Waals surface area contributed by atoms with Crippen molar-refractivity contribution in [3.63, 3.8) is 0 Å². The lowest BCUT2D eigenvalue weighted by molar-refractivity contribution is -0.137. The van der Waals surface area contributed by atoms with E-state index in [2.05, 4.69) is 15.9 Å². The van der Waals surface area contributed by atoms with Crippen molar-refractivity contribution < 1.29 is 24.5 Å². The van der Waals surface area contributed by atoms with E-state index < -0.39 is 12.1 Å². The molecule has 1 unspecified atom stereocenters. The van der Waals surface area contributed by atoms with Crippen LogP contribution in [0.15, 0.2) is 22.7 Å². The van der Waals surface area contributed by atoms with Gasteiger partial charge in [0.15, 0.2) is 0 Å². The van der Waals surface area contributed by atoms with Gasteiger partial charge in [-0.05, 0) is 52.9 Å². The number of carboxylic acid groups (broad SMARTS) is 1. The van der Waals surface area contributed by atoms with Crippen LogP contribution >= 0.6 is 15.9 Å². The minimum absolute atomic E-state index is 0.142. The molecule has 0 aromatic heterocycles. The Labute approximate surface area is 133 Å². The molecular weight excluding hydrogens is 340 g/mol. The summed E-state index contributed by atoms with van der Waals surface area (Å²) in [5.74, 6) is -0.0985. The highest BCUT2D eigenvalue weighted by molar-refractivity contribution is 9.10. The molecule has 0 radical (unpaired) electrons. The van der Waals surface area contributed by atoms with Crippen molar-refractivity contribution in [2.24, 2.45) is 0 Å². The Hall–Kier alpha value is -1.11. The lowest BCUT2D eigenvalue weighted by Crippen LogP contribution is -2.05. The number of unbranched alkanes of at least 4 members (excludes halogenated alkanes) is 1. The highest BCUT2D eigenvalue weighted by atomic mass is 79.9. The van der Waals surface area contributed by atoms with Crippen LogP contribution in [0.4, 0.5) is 0 Å². The average molecular weight is 361 g/mol. The molecular formula is C15H21BrO5. The largest absolute Gasteiger partial charge is 0.490 e. The zero-order valence-electron chi connectivity index (χ0n) is 12.0. The van der Waals surface area contributed by atoms with E-state index in [9.17, 15) is 9.90 Å². The van der Waals surface area contributed by atoms with Crippen molar-refractivity contribution in [2.45, 2.75) is 31.8 Å². The number of ether oxygens (including phenoxy) is 2. The Balaban J connectivity index is 2.47. The molecule has 0 bridgehead atoms. The molecule has 21 heavy (non-hydrogen) atoms. The second-order valence-corrected chi connectivity index (χ2v) is 5.54. The van der Waals surface area contributed by atoms with Gasteiger partial charge in [-0.3, -0.25) is 4.79 Å². The molecule has 6 heteroatoms. The minimum atomic E-state index is -0.801. The van der Waals surface area contributed by atoms with Gasteiger partial charge >= 0.3 is 5.97 Å². The molecule has 0 spiro atoms. The third-order valence-corrected chi connectivity index (χ3v) is 3.62. The van der Waals surface area contributed by atoms with Crippen LogP contribution in [0.2, 0.25) is 0 Å². The van der Waals surface area contributed by atoms with Gasteiger partial charge in [0.1, 0.15) is 12.4 Å². The quantitative estimate of drug-likeness (QED) is 0.626. The van der Waals surface area contributed by atoms with Crippen LogP contribution in [0.25, 0.3) is 0 Å². The molecule has 118 valence electrons. The number of rotatable bonds is 10. The Kier molecular flexibility index (Phi) is 8.34. The second kappa shape index (κ2) is 9.76. The number of halogens is 1. The van der Waals surface area contributed by atoms with Crippen LogP contribution in [0.1, 0.15) is 37.4 Å². The van der Waals surface area contributed by atoms with Gasteiger partial charge in [0, 0.05) is 13.5 Å². The van der Waals surface area contributed by atoms with Crippen LogP contribution in [0, 0.1) is 0 Å². The summed E-state index contributed by atoms with van der Waals surface area (Å²) in [6.07, 6.45) is 1.35. The third kappa shape index (κ3) is 6.93. The summed E-state index contributed by atoms with van der Waals surface area (Å²) in [6, 6.07) is 5.44. The fourth-order valence-corrected chi connectivity index (χ4v) is 2.37. The molecule has 1 rings (SSSR count). The number of carbonyl (C=O) groups is 1. The molecule has 2 N–H and O–H groups in total. The van der Waals surface area contributed by atoms with Gasteiger partial charge in [-0.2, -0.15) is 0 Å². The SMILES string of the molecule is COCCOc1ccc(C(O)CCCCC(=O)O)cc1Br. The van der Waals surface area contributed by atoms with Crippen molar-refractivity contribution in [1.82, 2.24) is 0 Å². The predicted molar refractivity (Wildman–Crippen MR) is 82.6 cm³/mol. The Morgan fingerprint density at radius 3 is 2.71 bits per heavy atom. The van der Waals surface area contributed by atoms with Gasteiger partial charge in [0.25, 0.3) is 0 Å². The van der Waals surface area contributed by atoms with E-state index in [0.717, 1.165) is 10.0 Å². The van der Waals surface area contributed by atoms with Crippen LogP contribution in [0.5, 0.6) is 5.75 Å². The summed E-state index contributed by atoms with van der Waals surface area (Å²) in [5, 5.41) is 18.6. The molecule has 0 saturated heterocycles. The summed E-state index contributed by atoms with van der Waals surface area (Å²) in [7, 11) is 1.61. The van der Waals surface area contributed by atoms with E-state index in [1.54, 1.807) is 13.2 Å². The second-order valence-electron chi connectivity index (χ2n) is 4.69. The van der Waals surface area contributed by atoms with E-state index in [4.69, 9.17) is 14.6 Å². The van der Waals surface area contributed by atoms with E-state index in [-0.39, 0.29) is 6.42 Å². The van der Waals surface area contributed by atoms with Crippen molar-refractivity contribution in [3.05, 3.63) is 28.2 Å². The summed E-state index contributed by atoms with van der Waals surface area (Å²) in [6.45, 7) is 0.979. The van der Waals surface area contributed by atoms with Crippen LogP contribution in [-0.2, 0) is 9.53 Å². The van der Waals surface area contributed by atoms with Crippen molar-refractivity contribution in [2.75, 3.05) is 20.3 Å². The van der Waals surface area contributed by atoms with Crippen LogP contribution in [0.3, 0.4) is 0 Å². The molecule has 0 aliphatic carbocycles. The fourth-order valence-electron chi connectivity index (χ4n) is 1.86. The first-order valence-electron chi connectivity index (χ1n) is 6.85. The van der Waals surface area contributed by atoms with Crippen LogP contribution < -0.4 is 4.74 Å². The normalized spacial score (nSPS) is 12.1. The number of aliphatic hydroxyl groups excluding tert-OH is 1. The van der Waals surface area contributed by atoms with Crippen molar-refractivity contribution >= 4 is 21.9 Å². The van der Waals surface area contributed by atoms with Crippen molar-refractivity contribution in [1.29, 1.82) is 0 Å². The zero-order valence-corrected chi connectivity index (χ0v) is 13.6. The summed E-state index contributed by atoms with van der Waals surface area (Å²) in [4.78, 5) is 10.4. The van der Waals surface area contributed by atoms with Crippen LogP contribution in [-0.4, -0.2) is 36.5 Å². The predicted octanol–water partition coefficient (Wildman–Crippen LogP) is 3.15. The van der Waals surface area contributed by atoms with Gasteiger partial charge in [0.2, 0.25) is 0 Å². The van der Waals surface area contributed by atoms with E-state index in [1.165, 1.54) is 0 Å². The first-order chi connectivity index (χ1) is 10.0. The molecule has 5 nitrogen and oxygen atoms in total. The molecule has 0 aliphatic rings. The number of aliphatic hydroxyl groups is 1. The maximum atomic E-state index is 10.4. The molecule has 1 aromatic rings. The number of carboxylic acids is 1. The Morgan fingerprint density at radius 2 is 2.10 bits per heavy atom. The topological polar surface area (TPSA) is 76.0 Å². The highest BCUT2D eigenvalue weighted by Crippen LogP contribution is 2.30. The summed E-state index contributed by atoms with van der Waals surface area (Å²) < 4.78 is 11.2. The number of benzene rings is 1. The Bertz CT molecular complexity index is 450. The first-order valence-corrected chi connectivity index (χ1v) is 7.65. The number of methoxy groups -OCH3 is 1. The number of aliphatic carboxylic acids is 1. The van der Waals surface area contributed by atoms with Gasteiger partial charge in [-0.15, -0.1) is 0 Å². The average Bonchev–Trinajstić information content (AvgIpc) is 2.45. The highest BCUT2D eigenvalue weighted by Gasteiger charge is 2.10. The summed E-state index contributed by atoms with van der Waals surface area (Å²) in [5.41, 5.74) is 0.788. The monoisotopic (exact) mass is 360 g/mol. The molecule has 0 aliphatic heterocycles. The van der Waals surface area contributed by atoms with Crippen molar-refractivity contribution in [3.8, 4) is 5.75 Å². The molecule has 1 atom stereocenters.